The molecule has 0 spiro atoms. The quantitative estimate of drug-likeness (QED) is 0.652. The van der Waals surface area contributed by atoms with Crippen molar-refractivity contribution in [1.29, 1.82) is 0 Å². The van der Waals surface area contributed by atoms with Crippen LogP contribution in [0.1, 0.15) is 50.6 Å². The van der Waals surface area contributed by atoms with E-state index in [1.807, 2.05) is 55.5 Å². The largest absolute Gasteiger partial charge is 0.354 e. The van der Waals surface area contributed by atoms with Gasteiger partial charge in [-0.25, -0.2) is 4.98 Å². The second-order valence-electron chi connectivity index (χ2n) is 6.70. The van der Waals surface area contributed by atoms with Gasteiger partial charge in [0.05, 0.1) is 0 Å². The Labute approximate surface area is 170 Å². The molecule has 0 aliphatic carbocycles. The second-order valence-corrected chi connectivity index (χ2v) is 6.70. The van der Waals surface area contributed by atoms with E-state index in [-0.39, 0.29) is 23.4 Å². The minimum atomic E-state index is -0.324. The highest BCUT2D eigenvalue weighted by Crippen LogP contribution is 2.23. The fourth-order valence-corrected chi connectivity index (χ4v) is 3.01. The number of amides is 2. The molecule has 0 unspecified atom stereocenters. The SMILES string of the molecule is CNC(=O)c1cc(C(=O)NCCc2ccccn2)cc([C@@H](C)c2ccccc2)n1. The highest BCUT2D eigenvalue weighted by atomic mass is 16.2. The maximum Gasteiger partial charge on any atom is 0.269 e. The summed E-state index contributed by atoms with van der Waals surface area (Å²) >= 11 is 0. The van der Waals surface area contributed by atoms with Gasteiger partial charge in [0.1, 0.15) is 5.69 Å². The minimum Gasteiger partial charge on any atom is -0.354 e. The van der Waals surface area contributed by atoms with Gasteiger partial charge in [0, 0.05) is 49.1 Å². The zero-order valence-electron chi connectivity index (χ0n) is 16.6. The number of carbonyl (C=O) groups is 2. The van der Waals surface area contributed by atoms with E-state index in [1.165, 1.54) is 6.07 Å². The first kappa shape index (κ1) is 20.2. The molecule has 2 N–H and O–H groups in total. The molecule has 2 amide bonds. The highest BCUT2D eigenvalue weighted by molar-refractivity contribution is 5.98. The minimum absolute atomic E-state index is 0.0547. The number of hydrogen-bond donors (Lipinski definition) is 2. The third-order valence-electron chi connectivity index (χ3n) is 4.70. The van der Waals surface area contributed by atoms with Gasteiger partial charge in [-0.15, -0.1) is 0 Å². The molecule has 1 atom stereocenters. The average molecular weight is 388 g/mol. The first-order chi connectivity index (χ1) is 14.1. The van der Waals surface area contributed by atoms with Crippen LogP contribution < -0.4 is 10.6 Å². The topological polar surface area (TPSA) is 84.0 Å². The Hall–Kier alpha value is -3.54. The van der Waals surface area contributed by atoms with Crippen LogP contribution in [-0.4, -0.2) is 35.4 Å². The number of benzene rings is 1. The molecule has 0 saturated heterocycles. The number of nitrogens with zero attached hydrogens (tertiary/aromatic N) is 2. The van der Waals surface area contributed by atoms with Crippen molar-refractivity contribution >= 4 is 11.8 Å². The van der Waals surface area contributed by atoms with E-state index < -0.39 is 0 Å². The summed E-state index contributed by atoms with van der Waals surface area (Å²) in [6, 6.07) is 18.8. The van der Waals surface area contributed by atoms with E-state index in [4.69, 9.17) is 0 Å². The number of pyridine rings is 2. The Morgan fingerprint density at radius 1 is 1.00 bits per heavy atom. The molecule has 29 heavy (non-hydrogen) atoms. The van der Waals surface area contributed by atoms with Crippen molar-refractivity contribution in [3.05, 3.63) is 95.1 Å². The predicted octanol–water partition coefficient (Wildman–Crippen LogP) is 2.96. The monoisotopic (exact) mass is 388 g/mol. The third kappa shape index (κ3) is 5.25. The number of aromatic nitrogens is 2. The van der Waals surface area contributed by atoms with Crippen LogP contribution in [0.25, 0.3) is 0 Å². The van der Waals surface area contributed by atoms with Crippen LogP contribution >= 0.6 is 0 Å². The Morgan fingerprint density at radius 2 is 1.76 bits per heavy atom. The Bertz CT molecular complexity index is 975. The summed E-state index contributed by atoms with van der Waals surface area (Å²) in [5, 5.41) is 5.48. The van der Waals surface area contributed by atoms with Gasteiger partial charge in [0.15, 0.2) is 0 Å². The zero-order chi connectivity index (χ0) is 20.6. The molecule has 0 aliphatic rings. The Morgan fingerprint density at radius 3 is 2.45 bits per heavy atom. The molecular weight excluding hydrogens is 364 g/mol. The summed E-state index contributed by atoms with van der Waals surface area (Å²) in [6.45, 7) is 2.46. The van der Waals surface area contributed by atoms with Crippen LogP contribution in [0.5, 0.6) is 0 Å². The lowest BCUT2D eigenvalue weighted by Gasteiger charge is -2.14. The smallest absolute Gasteiger partial charge is 0.269 e. The summed E-state index contributed by atoms with van der Waals surface area (Å²) in [4.78, 5) is 33.6. The van der Waals surface area contributed by atoms with Crippen LogP contribution in [-0.2, 0) is 6.42 Å². The van der Waals surface area contributed by atoms with E-state index in [0.29, 0.717) is 24.2 Å². The lowest BCUT2D eigenvalue weighted by Crippen LogP contribution is -2.27. The highest BCUT2D eigenvalue weighted by Gasteiger charge is 2.18. The van der Waals surface area contributed by atoms with Gasteiger partial charge in [0.25, 0.3) is 11.8 Å². The van der Waals surface area contributed by atoms with Gasteiger partial charge < -0.3 is 10.6 Å². The number of rotatable bonds is 7. The second kappa shape index (κ2) is 9.59. The Kier molecular flexibility index (Phi) is 6.68. The molecule has 0 aliphatic heterocycles. The standard InChI is InChI=1S/C23H24N4O2/c1-16(17-8-4-3-5-9-17)20-14-18(15-21(27-20)23(29)24-2)22(28)26-13-11-19-10-6-7-12-25-19/h3-10,12,14-16H,11,13H2,1-2H3,(H,24,29)(H,26,28)/t16-/m0/s1. The molecule has 0 bridgehead atoms. The fraction of sp³-hybridized carbons (Fsp3) is 0.217. The molecular formula is C23H24N4O2. The number of hydrogen-bond acceptors (Lipinski definition) is 4. The van der Waals surface area contributed by atoms with E-state index in [1.54, 1.807) is 19.3 Å². The zero-order valence-corrected chi connectivity index (χ0v) is 16.6. The van der Waals surface area contributed by atoms with Crippen molar-refractivity contribution in [2.24, 2.45) is 0 Å². The molecule has 2 heterocycles. The maximum atomic E-state index is 12.7. The summed E-state index contributed by atoms with van der Waals surface area (Å²) in [7, 11) is 1.55. The van der Waals surface area contributed by atoms with Gasteiger partial charge in [0.2, 0.25) is 0 Å². The van der Waals surface area contributed by atoms with Crippen molar-refractivity contribution in [2.75, 3.05) is 13.6 Å². The molecule has 6 heteroatoms. The van der Waals surface area contributed by atoms with Gasteiger partial charge in [-0.05, 0) is 29.8 Å². The predicted molar refractivity (Wildman–Crippen MR) is 112 cm³/mol. The van der Waals surface area contributed by atoms with Gasteiger partial charge in [-0.3, -0.25) is 14.6 Å². The maximum absolute atomic E-state index is 12.7. The molecule has 2 aromatic heterocycles. The van der Waals surface area contributed by atoms with Gasteiger partial charge in [-0.1, -0.05) is 43.3 Å². The van der Waals surface area contributed by atoms with Gasteiger partial charge >= 0.3 is 0 Å². The summed E-state index contributed by atoms with van der Waals surface area (Å²) in [5.41, 5.74) is 3.29. The normalized spacial score (nSPS) is 11.5. The van der Waals surface area contributed by atoms with Crippen molar-refractivity contribution in [3.63, 3.8) is 0 Å². The van der Waals surface area contributed by atoms with Crippen molar-refractivity contribution in [3.8, 4) is 0 Å². The van der Waals surface area contributed by atoms with E-state index in [9.17, 15) is 9.59 Å². The van der Waals surface area contributed by atoms with Gasteiger partial charge in [-0.2, -0.15) is 0 Å². The molecule has 1 aromatic carbocycles. The van der Waals surface area contributed by atoms with Crippen LogP contribution in [0.3, 0.4) is 0 Å². The molecule has 6 nitrogen and oxygen atoms in total. The van der Waals surface area contributed by atoms with Crippen LogP contribution in [0.2, 0.25) is 0 Å². The fourth-order valence-electron chi connectivity index (χ4n) is 3.01. The first-order valence-corrected chi connectivity index (χ1v) is 9.55. The third-order valence-corrected chi connectivity index (χ3v) is 4.70. The summed E-state index contributed by atoms with van der Waals surface area (Å²) < 4.78 is 0. The van der Waals surface area contributed by atoms with Crippen LogP contribution in [0, 0.1) is 0 Å². The van der Waals surface area contributed by atoms with Crippen molar-refractivity contribution < 1.29 is 9.59 Å². The first-order valence-electron chi connectivity index (χ1n) is 9.55. The van der Waals surface area contributed by atoms with E-state index in [2.05, 4.69) is 20.6 Å². The molecule has 0 fully saturated rings. The lowest BCUT2D eigenvalue weighted by molar-refractivity contribution is 0.0954. The summed E-state index contributed by atoms with van der Waals surface area (Å²) in [6.07, 6.45) is 2.36. The van der Waals surface area contributed by atoms with Crippen molar-refractivity contribution in [2.45, 2.75) is 19.3 Å². The average Bonchev–Trinajstić information content (AvgIpc) is 2.79. The summed E-state index contributed by atoms with van der Waals surface area (Å²) in [5.74, 6) is -0.620. The molecule has 3 rings (SSSR count). The molecule has 0 radical (unpaired) electrons. The molecule has 148 valence electrons. The van der Waals surface area contributed by atoms with Crippen molar-refractivity contribution in [1.82, 2.24) is 20.6 Å². The molecule has 3 aromatic rings. The van der Waals surface area contributed by atoms with Crippen LogP contribution in [0.4, 0.5) is 0 Å². The van der Waals surface area contributed by atoms with Crippen LogP contribution in [0.15, 0.2) is 66.9 Å². The van der Waals surface area contributed by atoms with E-state index >= 15 is 0 Å². The number of nitrogens with one attached hydrogen (secondary N) is 2. The Balaban J connectivity index is 1.81. The lowest BCUT2D eigenvalue weighted by atomic mass is 9.96. The van der Waals surface area contributed by atoms with E-state index in [0.717, 1.165) is 11.3 Å². The molecule has 0 saturated carbocycles. The number of carbonyl (C=O) groups excluding carboxylic acids is 2.